The number of aliphatic hydroxyl groups excluding tert-OH is 1. The standard InChI is InChI=1S/C12H18O/c1-10(2)8-12(9-13)11-6-4-3-5-7-11/h3-7,10,12-13H,8-9H2,1-2H3/t12-/m0/s1. The summed E-state index contributed by atoms with van der Waals surface area (Å²) in [6.07, 6.45) is 1.06. The van der Waals surface area contributed by atoms with Gasteiger partial charge in [-0.05, 0) is 17.9 Å². The number of hydrogen-bond donors (Lipinski definition) is 1. The van der Waals surface area contributed by atoms with Gasteiger partial charge in [-0.2, -0.15) is 0 Å². The minimum absolute atomic E-state index is 0.252. The van der Waals surface area contributed by atoms with E-state index in [2.05, 4.69) is 26.0 Å². The normalized spacial score (nSPS) is 13.2. The average molecular weight is 178 g/mol. The van der Waals surface area contributed by atoms with Crippen LogP contribution in [0.25, 0.3) is 0 Å². The van der Waals surface area contributed by atoms with E-state index in [0.717, 1.165) is 6.42 Å². The Balaban J connectivity index is 2.67. The highest BCUT2D eigenvalue weighted by atomic mass is 16.3. The molecule has 1 aromatic rings. The first-order chi connectivity index (χ1) is 6.24. The summed E-state index contributed by atoms with van der Waals surface area (Å²) >= 11 is 0. The van der Waals surface area contributed by atoms with Gasteiger partial charge in [-0.1, -0.05) is 44.2 Å². The molecule has 1 aromatic carbocycles. The van der Waals surface area contributed by atoms with E-state index < -0.39 is 0 Å². The molecule has 0 aliphatic carbocycles. The van der Waals surface area contributed by atoms with Gasteiger partial charge < -0.3 is 5.11 Å². The summed E-state index contributed by atoms with van der Waals surface area (Å²) in [4.78, 5) is 0. The van der Waals surface area contributed by atoms with E-state index in [9.17, 15) is 5.11 Å². The SMILES string of the molecule is CC(C)C[C@@H](CO)c1ccccc1. The Labute approximate surface area is 80.4 Å². The number of benzene rings is 1. The van der Waals surface area contributed by atoms with Crippen molar-refractivity contribution in [2.75, 3.05) is 6.61 Å². The molecule has 0 amide bonds. The Hall–Kier alpha value is -0.820. The fraction of sp³-hybridized carbons (Fsp3) is 0.500. The number of hydrogen-bond acceptors (Lipinski definition) is 1. The fourth-order valence-electron chi connectivity index (χ4n) is 1.61. The van der Waals surface area contributed by atoms with Crippen LogP contribution in [0.15, 0.2) is 30.3 Å². The summed E-state index contributed by atoms with van der Waals surface area (Å²) < 4.78 is 0. The van der Waals surface area contributed by atoms with Crippen molar-refractivity contribution in [3.05, 3.63) is 35.9 Å². The topological polar surface area (TPSA) is 20.2 Å². The first-order valence-corrected chi connectivity index (χ1v) is 4.90. The second kappa shape index (κ2) is 5.03. The zero-order valence-electron chi connectivity index (χ0n) is 8.40. The van der Waals surface area contributed by atoms with Gasteiger partial charge in [0.25, 0.3) is 0 Å². The maximum atomic E-state index is 9.23. The van der Waals surface area contributed by atoms with Crippen molar-refractivity contribution >= 4 is 0 Å². The molecular weight excluding hydrogens is 160 g/mol. The smallest absolute Gasteiger partial charge is 0.0499 e. The molecular formula is C12H18O. The van der Waals surface area contributed by atoms with Crippen LogP contribution in [-0.2, 0) is 0 Å². The van der Waals surface area contributed by atoms with Crippen molar-refractivity contribution < 1.29 is 5.11 Å². The van der Waals surface area contributed by atoms with E-state index in [1.807, 2.05) is 18.2 Å². The Bertz CT molecular complexity index is 228. The van der Waals surface area contributed by atoms with Crippen molar-refractivity contribution in [3.63, 3.8) is 0 Å². The van der Waals surface area contributed by atoms with Crippen LogP contribution in [0, 0.1) is 5.92 Å². The highest BCUT2D eigenvalue weighted by molar-refractivity contribution is 5.19. The van der Waals surface area contributed by atoms with E-state index in [0.29, 0.717) is 11.8 Å². The number of aliphatic hydroxyl groups is 1. The highest BCUT2D eigenvalue weighted by Gasteiger charge is 2.11. The molecule has 0 bridgehead atoms. The molecule has 0 unspecified atom stereocenters. The maximum Gasteiger partial charge on any atom is 0.0499 e. The maximum absolute atomic E-state index is 9.23. The third-order valence-corrected chi connectivity index (χ3v) is 2.25. The zero-order chi connectivity index (χ0) is 9.68. The van der Waals surface area contributed by atoms with Gasteiger partial charge in [0.15, 0.2) is 0 Å². The molecule has 0 saturated heterocycles. The molecule has 72 valence electrons. The van der Waals surface area contributed by atoms with Crippen LogP contribution in [0.1, 0.15) is 31.7 Å². The van der Waals surface area contributed by atoms with Crippen LogP contribution < -0.4 is 0 Å². The Morgan fingerprint density at radius 2 is 1.77 bits per heavy atom. The van der Waals surface area contributed by atoms with Crippen LogP contribution in [0.2, 0.25) is 0 Å². The van der Waals surface area contributed by atoms with Gasteiger partial charge in [0, 0.05) is 12.5 Å². The lowest BCUT2D eigenvalue weighted by atomic mass is 9.91. The van der Waals surface area contributed by atoms with E-state index in [1.165, 1.54) is 5.56 Å². The van der Waals surface area contributed by atoms with E-state index in [1.54, 1.807) is 0 Å². The largest absolute Gasteiger partial charge is 0.396 e. The lowest BCUT2D eigenvalue weighted by Crippen LogP contribution is -2.07. The van der Waals surface area contributed by atoms with E-state index in [4.69, 9.17) is 0 Å². The predicted molar refractivity (Wildman–Crippen MR) is 55.7 cm³/mol. The quantitative estimate of drug-likeness (QED) is 0.751. The molecule has 0 aromatic heterocycles. The summed E-state index contributed by atoms with van der Waals surface area (Å²) in [7, 11) is 0. The molecule has 13 heavy (non-hydrogen) atoms. The summed E-state index contributed by atoms with van der Waals surface area (Å²) in [5, 5.41) is 9.23. The van der Waals surface area contributed by atoms with Crippen molar-refractivity contribution in [1.82, 2.24) is 0 Å². The van der Waals surface area contributed by atoms with Crippen LogP contribution >= 0.6 is 0 Å². The van der Waals surface area contributed by atoms with Crippen LogP contribution in [0.5, 0.6) is 0 Å². The first kappa shape index (κ1) is 10.3. The van der Waals surface area contributed by atoms with Gasteiger partial charge >= 0.3 is 0 Å². The van der Waals surface area contributed by atoms with Gasteiger partial charge in [-0.25, -0.2) is 0 Å². The molecule has 0 radical (unpaired) electrons. The molecule has 1 nitrogen and oxygen atoms in total. The summed E-state index contributed by atoms with van der Waals surface area (Å²) in [6, 6.07) is 10.2. The Kier molecular flexibility index (Phi) is 3.97. The molecule has 0 spiro atoms. The van der Waals surface area contributed by atoms with Gasteiger partial charge in [-0.15, -0.1) is 0 Å². The van der Waals surface area contributed by atoms with E-state index >= 15 is 0 Å². The van der Waals surface area contributed by atoms with Crippen molar-refractivity contribution in [1.29, 1.82) is 0 Å². The first-order valence-electron chi connectivity index (χ1n) is 4.90. The molecule has 0 aliphatic heterocycles. The second-order valence-electron chi connectivity index (χ2n) is 3.92. The molecule has 0 aliphatic rings. The van der Waals surface area contributed by atoms with Crippen molar-refractivity contribution in [2.45, 2.75) is 26.2 Å². The third kappa shape index (κ3) is 3.19. The van der Waals surface area contributed by atoms with Crippen molar-refractivity contribution in [2.24, 2.45) is 5.92 Å². The van der Waals surface area contributed by atoms with Crippen LogP contribution in [0.3, 0.4) is 0 Å². The fourth-order valence-corrected chi connectivity index (χ4v) is 1.61. The molecule has 1 rings (SSSR count). The molecule has 1 atom stereocenters. The van der Waals surface area contributed by atoms with Crippen molar-refractivity contribution in [3.8, 4) is 0 Å². The third-order valence-electron chi connectivity index (χ3n) is 2.25. The summed E-state index contributed by atoms with van der Waals surface area (Å²) in [5.41, 5.74) is 1.25. The minimum atomic E-state index is 0.252. The van der Waals surface area contributed by atoms with Crippen LogP contribution in [-0.4, -0.2) is 11.7 Å². The Morgan fingerprint density at radius 1 is 1.15 bits per heavy atom. The molecule has 0 fully saturated rings. The zero-order valence-corrected chi connectivity index (χ0v) is 8.40. The Morgan fingerprint density at radius 3 is 2.23 bits per heavy atom. The predicted octanol–water partition coefficient (Wildman–Crippen LogP) is 2.81. The van der Waals surface area contributed by atoms with Gasteiger partial charge in [0.05, 0.1) is 0 Å². The summed E-state index contributed by atoms with van der Waals surface area (Å²) in [5.74, 6) is 0.943. The van der Waals surface area contributed by atoms with Gasteiger partial charge in [0.1, 0.15) is 0 Å². The summed E-state index contributed by atoms with van der Waals surface area (Å²) in [6.45, 7) is 4.62. The second-order valence-corrected chi connectivity index (χ2v) is 3.92. The minimum Gasteiger partial charge on any atom is -0.396 e. The molecule has 1 N–H and O–H groups in total. The van der Waals surface area contributed by atoms with Crippen LogP contribution in [0.4, 0.5) is 0 Å². The lowest BCUT2D eigenvalue weighted by Gasteiger charge is -2.16. The molecule has 0 heterocycles. The molecule has 1 heteroatoms. The molecule has 0 saturated carbocycles. The average Bonchev–Trinajstić information content (AvgIpc) is 2.15. The van der Waals surface area contributed by atoms with Gasteiger partial charge in [-0.3, -0.25) is 0 Å². The lowest BCUT2D eigenvalue weighted by molar-refractivity contribution is 0.249. The van der Waals surface area contributed by atoms with E-state index in [-0.39, 0.29) is 6.61 Å². The number of rotatable bonds is 4. The van der Waals surface area contributed by atoms with Gasteiger partial charge in [0.2, 0.25) is 0 Å². The monoisotopic (exact) mass is 178 g/mol. The highest BCUT2D eigenvalue weighted by Crippen LogP contribution is 2.22.